The topological polar surface area (TPSA) is 37.6 Å². The number of hydrogen-bond donors (Lipinski definition) is 0. The van der Waals surface area contributed by atoms with E-state index in [9.17, 15) is 4.79 Å². The average molecular weight is 416 g/mol. The minimum absolute atomic E-state index is 0.0921. The molecule has 1 aromatic heterocycles. The molecule has 5 heteroatoms. The van der Waals surface area contributed by atoms with E-state index in [2.05, 4.69) is 22.9 Å². The lowest BCUT2D eigenvalue weighted by Crippen LogP contribution is -2.40. The molecule has 5 rings (SSSR count). The Hall–Kier alpha value is -2.79. The predicted molar refractivity (Wildman–Crippen MR) is 126 cm³/mol. The first-order valence-corrected chi connectivity index (χ1v) is 11.4. The summed E-state index contributed by atoms with van der Waals surface area (Å²) in [5.41, 5.74) is 3.13. The SMILES string of the molecule is Cn1cc(/C=C2\SC(=Nc3ccccc3)N(C3CCCCC3)C2=O)c2ccccc21. The first-order valence-electron chi connectivity index (χ1n) is 10.6. The van der Waals surface area contributed by atoms with Crippen LogP contribution in [0.25, 0.3) is 17.0 Å². The van der Waals surface area contributed by atoms with Gasteiger partial charge in [-0.25, -0.2) is 4.99 Å². The maximum Gasteiger partial charge on any atom is 0.267 e. The van der Waals surface area contributed by atoms with E-state index in [0.29, 0.717) is 0 Å². The quantitative estimate of drug-likeness (QED) is 0.484. The second-order valence-corrected chi connectivity index (χ2v) is 9.03. The van der Waals surface area contributed by atoms with Crippen molar-refractivity contribution >= 4 is 45.5 Å². The molecule has 1 aliphatic carbocycles. The van der Waals surface area contributed by atoms with Crippen molar-refractivity contribution in [2.75, 3.05) is 0 Å². The summed E-state index contributed by atoms with van der Waals surface area (Å²) < 4.78 is 2.11. The smallest absolute Gasteiger partial charge is 0.267 e. The van der Waals surface area contributed by atoms with Crippen LogP contribution in [0.15, 0.2) is 70.7 Å². The number of carbonyl (C=O) groups is 1. The monoisotopic (exact) mass is 415 g/mol. The minimum Gasteiger partial charge on any atom is -0.350 e. The third-order valence-corrected chi connectivity index (χ3v) is 6.96. The summed E-state index contributed by atoms with van der Waals surface area (Å²) in [6, 6.07) is 18.5. The molecule has 0 spiro atoms. The number of amides is 1. The molecule has 152 valence electrons. The van der Waals surface area contributed by atoms with E-state index >= 15 is 0 Å². The number of amidine groups is 1. The van der Waals surface area contributed by atoms with Crippen molar-refractivity contribution in [3.63, 3.8) is 0 Å². The Bertz CT molecular complexity index is 1140. The van der Waals surface area contributed by atoms with Crippen LogP contribution >= 0.6 is 11.8 Å². The van der Waals surface area contributed by atoms with Gasteiger partial charge in [0.1, 0.15) is 0 Å². The van der Waals surface area contributed by atoms with Crippen LogP contribution in [0, 0.1) is 0 Å². The maximum absolute atomic E-state index is 13.5. The van der Waals surface area contributed by atoms with E-state index in [1.807, 2.05) is 60.5 Å². The number of aliphatic imine (C=N–C) groups is 1. The fourth-order valence-corrected chi connectivity index (χ4v) is 5.52. The molecule has 0 bridgehead atoms. The zero-order chi connectivity index (χ0) is 20.5. The molecule has 0 N–H and O–H groups in total. The molecule has 1 aliphatic heterocycles. The summed E-state index contributed by atoms with van der Waals surface area (Å²) in [5.74, 6) is 0.0921. The molecule has 3 aromatic rings. The largest absolute Gasteiger partial charge is 0.350 e. The van der Waals surface area contributed by atoms with Crippen LogP contribution in [0.1, 0.15) is 37.7 Å². The summed E-state index contributed by atoms with van der Waals surface area (Å²) in [7, 11) is 2.05. The molecular weight excluding hydrogens is 390 g/mol. The maximum atomic E-state index is 13.5. The number of thioether (sulfide) groups is 1. The highest BCUT2D eigenvalue weighted by Crippen LogP contribution is 2.39. The molecule has 1 saturated carbocycles. The molecule has 0 radical (unpaired) electrons. The molecule has 2 heterocycles. The first kappa shape index (κ1) is 19.2. The number of aryl methyl sites for hydroxylation is 1. The van der Waals surface area contributed by atoms with Gasteiger partial charge in [-0.1, -0.05) is 55.7 Å². The standard InChI is InChI=1S/C25H25N3OS/c1-27-17-18(21-14-8-9-15-22(21)27)16-23-24(29)28(20-12-6-3-7-13-20)25(30-23)26-19-10-4-2-5-11-19/h2,4-5,8-11,14-17,20H,3,6-7,12-13H2,1H3/b23-16-,26-25?. The van der Waals surface area contributed by atoms with Crippen molar-refractivity contribution in [1.82, 2.24) is 9.47 Å². The van der Waals surface area contributed by atoms with Crippen molar-refractivity contribution in [3.05, 3.63) is 71.3 Å². The normalized spacial score (nSPS) is 20.7. The summed E-state index contributed by atoms with van der Waals surface area (Å²) in [5, 5.41) is 1.98. The third-order valence-electron chi connectivity index (χ3n) is 5.97. The first-order chi connectivity index (χ1) is 14.7. The molecule has 2 aliphatic rings. The fraction of sp³-hybridized carbons (Fsp3) is 0.280. The van der Waals surface area contributed by atoms with Crippen LogP contribution in [-0.4, -0.2) is 26.6 Å². The number of carbonyl (C=O) groups excluding carboxylic acids is 1. The van der Waals surface area contributed by atoms with Gasteiger partial charge in [-0.3, -0.25) is 9.69 Å². The van der Waals surface area contributed by atoms with Crippen LogP contribution in [0.4, 0.5) is 5.69 Å². The summed E-state index contributed by atoms with van der Waals surface area (Å²) >= 11 is 1.51. The van der Waals surface area contributed by atoms with Crippen molar-refractivity contribution in [2.45, 2.75) is 38.1 Å². The minimum atomic E-state index is 0.0921. The van der Waals surface area contributed by atoms with Crippen LogP contribution in [-0.2, 0) is 11.8 Å². The molecule has 1 amide bonds. The second-order valence-electron chi connectivity index (χ2n) is 8.02. The van der Waals surface area contributed by atoms with E-state index in [1.54, 1.807) is 0 Å². The molecule has 2 fully saturated rings. The van der Waals surface area contributed by atoms with Gasteiger partial charge in [0.05, 0.1) is 10.6 Å². The highest BCUT2D eigenvalue weighted by atomic mass is 32.2. The third kappa shape index (κ3) is 3.58. The lowest BCUT2D eigenvalue weighted by Gasteiger charge is -2.30. The van der Waals surface area contributed by atoms with Crippen LogP contribution in [0.5, 0.6) is 0 Å². The van der Waals surface area contributed by atoms with Crippen LogP contribution in [0.3, 0.4) is 0 Å². The Morgan fingerprint density at radius 1 is 1.00 bits per heavy atom. The number of para-hydroxylation sites is 2. The Kier molecular flexibility index (Phi) is 5.21. The van der Waals surface area contributed by atoms with E-state index in [4.69, 9.17) is 4.99 Å². The number of benzene rings is 2. The van der Waals surface area contributed by atoms with Gasteiger partial charge in [0.25, 0.3) is 5.91 Å². The molecule has 1 saturated heterocycles. The molecule has 0 atom stereocenters. The Labute approximate surface area is 181 Å². The second kappa shape index (κ2) is 8.15. The van der Waals surface area contributed by atoms with E-state index in [-0.39, 0.29) is 11.9 Å². The molecule has 2 aromatic carbocycles. The number of rotatable bonds is 3. The molecule has 4 nitrogen and oxygen atoms in total. The highest BCUT2D eigenvalue weighted by Gasteiger charge is 2.38. The average Bonchev–Trinajstić information content (AvgIpc) is 3.26. The summed E-state index contributed by atoms with van der Waals surface area (Å²) in [4.78, 5) is 21.1. The fourth-order valence-electron chi connectivity index (χ4n) is 4.47. The van der Waals surface area contributed by atoms with Crippen molar-refractivity contribution < 1.29 is 4.79 Å². The Morgan fingerprint density at radius 3 is 2.53 bits per heavy atom. The van der Waals surface area contributed by atoms with Gasteiger partial charge in [-0.05, 0) is 48.9 Å². The van der Waals surface area contributed by atoms with Gasteiger partial charge in [-0.15, -0.1) is 0 Å². The van der Waals surface area contributed by atoms with Crippen molar-refractivity contribution in [2.24, 2.45) is 12.0 Å². The lowest BCUT2D eigenvalue weighted by molar-refractivity contribution is -0.124. The van der Waals surface area contributed by atoms with Gasteiger partial charge < -0.3 is 4.57 Å². The summed E-state index contributed by atoms with van der Waals surface area (Å²) in [6.07, 6.45) is 9.88. The predicted octanol–water partition coefficient (Wildman–Crippen LogP) is 6.12. The van der Waals surface area contributed by atoms with Gasteiger partial charge in [0.15, 0.2) is 5.17 Å². The van der Waals surface area contributed by atoms with Gasteiger partial charge >= 0.3 is 0 Å². The molecular formula is C25H25N3OS. The number of hydrogen-bond acceptors (Lipinski definition) is 3. The zero-order valence-electron chi connectivity index (χ0n) is 17.1. The van der Waals surface area contributed by atoms with Crippen molar-refractivity contribution in [1.29, 1.82) is 0 Å². The Morgan fingerprint density at radius 2 is 1.73 bits per heavy atom. The van der Waals surface area contributed by atoms with E-state index in [1.165, 1.54) is 41.9 Å². The number of aromatic nitrogens is 1. The number of fused-ring (bicyclic) bond motifs is 1. The van der Waals surface area contributed by atoms with Crippen molar-refractivity contribution in [3.8, 4) is 0 Å². The van der Waals surface area contributed by atoms with E-state index < -0.39 is 0 Å². The van der Waals surface area contributed by atoms with Crippen LogP contribution < -0.4 is 0 Å². The molecule has 30 heavy (non-hydrogen) atoms. The number of nitrogens with zero attached hydrogens (tertiary/aromatic N) is 3. The lowest BCUT2D eigenvalue weighted by atomic mass is 9.94. The Balaban J connectivity index is 1.55. The summed E-state index contributed by atoms with van der Waals surface area (Å²) in [6.45, 7) is 0. The van der Waals surface area contributed by atoms with Gasteiger partial charge in [0, 0.05) is 35.8 Å². The van der Waals surface area contributed by atoms with Gasteiger partial charge in [-0.2, -0.15) is 0 Å². The molecule has 0 unspecified atom stereocenters. The van der Waals surface area contributed by atoms with E-state index in [0.717, 1.165) is 34.2 Å². The van der Waals surface area contributed by atoms with Crippen LogP contribution in [0.2, 0.25) is 0 Å². The zero-order valence-corrected chi connectivity index (χ0v) is 17.9. The van der Waals surface area contributed by atoms with Gasteiger partial charge in [0.2, 0.25) is 0 Å². The highest BCUT2D eigenvalue weighted by molar-refractivity contribution is 8.18.